The summed E-state index contributed by atoms with van der Waals surface area (Å²) in [4.78, 5) is 44.2. The number of amides is 2. The molecule has 198 valence electrons. The van der Waals surface area contributed by atoms with Crippen LogP contribution in [0.1, 0.15) is 57.2 Å². The van der Waals surface area contributed by atoms with Crippen molar-refractivity contribution < 1.29 is 32.7 Å². The molecule has 36 heavy (non-hydrogen) atoms. The van der Waals surface area contributed by atoms with E-state index in [0.717, 1.165) is 62.1 Å². The first-order valence-electron chi connectivity index (χ1n) is 12.1. The molecule has 12 heteroatoms. The Bertz CT molecular complexity index is 1020. The van der Waals surface area contributed by atoms with Crippen molar-refractivity contribution in [2.24, 2.45) is 0 Å². The topological polar surface area (TPSA) is 127 Å². The third-order valence-corrected chi connectivity index (χ3v) is 6.41. The summed E-state index contributed by atoms with van der Waals surface area (Å²) in [5, 5.41) is 13.2. The van der Waals surface area contributed by atoms with Crippen LogP contribution in [0, 0.1) is 0 Å². The number of carbonyl (C=O) groups is 3. The molecule has 1 aliphatic heterocycles. The first-order chi connectivity index (χ1) is 17.1. The number of carbonyl (C=O) groups excluding carboxylic acids is 2. The zero-order chi connectivity index (χ0) is 26.3. The molecule has 2 fully saturated rings. The highest BCUT2D eigenvalue weighted by atomic mass is 19.4. The molecule has 0 spiro atoms. The SMILES string of the molecule is CCCN1CCNC(=O)C1CC(=O)NC1CCCC(c2nc3ccccc3[nH]2)C1.O=C(O)C(F)(F)F. The Hall–Kier alpha value is -3.15. The molecule has 4 N–H and O–H groups in total. The lowest BCUT2D eigenvalue weighted by molar-refractivity contribution is -0.192. The molecular formula is C24H32F3N5O4. The number of carboxylic acid groups (broad SMARTS) is 1. The Balaban J connectivity index is 0.000000454. The van der Waals surface area contributed by atoms with Gasteiger partial charge in [0.1, 0.15) is 5.82 Å². The number of nitrogens with one attached hydrogen (secondary N) is 3. The quantitative estimate of drug-likeness (QED) is 0.472. The second kappa shape index (κ2) is 12.2. The van der Waals surface area contributed by atoms with Crippen LogP contribution in [0.4, 0.5) is 13.2 Å². The number of hydrogen-bond donors (Lipinski definition) is 4. The van der Waals surface area contributed by atoms with Gasteiger partial charge < -0.3 is 20.7 Å². The predicted octanol–water partition coefficient (Wildman–Crippen LogP) is 2.94. The van der Waals surface area contributed by atoms with Crippen LogP contribution in [0.2, 0.25) is 0 Å². The summed E-state index contributed by atoms with van der Waals surface area (Å²) in [7, 11) is 0. The van der Waals surface area contributed by atoms with Crippen LogP contribution in [0.15, 0.2) is 24.3 Å². The summed E-state index contributed by atoms with van der Waals surface area (Å²) in [6, 6.07) is 7.87. The van der Waals surface area contributed by atoms with Crippen LogP contribution in [0.5, 0.6) is 0 Å². The van der Waals surface area contributed by atoms with Crippen molar-refractivity contribution in [3.05, 3.63) is 30.1 Å². The van der Waals surface area contributed by atoms with Gasteiger partial charge in [0.25, 0.3) is 0 Å². The minimum Gasteiger partial charge on any atom is -0.475 e. The molecule has 1 saturated carbocycles. The third kappa shape index (κ3) is 7.42. The highest BCUT2D eigenvalue weighted by molar-refractivity contribution is 5.89. The summed E-state index contributed by atoms with van der Waals surface area (Å²) >= 11 is 0. The van der Waals surface area contributed by atoms with Gasteiger partial charge >= 0.3 is 12.1 Å². The Morgan fingerprint density at radius 3 is 2.64 bits per heavy atom. The highest BCUT2D eigenvalue weighted by Gasteiger charge is 2.38. The number of para-hydroxylation sites is 2. The second-order valence-corrected chi connectivity index (χ2v) is 9.12. The summed E-state index contributed by atoms with van der Waals surface area (Å²) < 4.78 is 31.7. The Morgan fingerprint density at radius 1 is 1.25 bits per heavy atom. The number of piperazine rings is 1. The largest absolute Gasteiger partial charge is 0.490 e. The summed E-state index contributed by atoms with van der Waals surface area (Å²) in [5.74, 6) is -1.46. The first kappa shape index (κ1) is 27.4. The molecule has 2 aromatic rings. The highest BCUT2D eigenvalue weighted by Crippen LogP contribution is 2.32. The molecule has 9 nitrogen and oxygen atoms in total. The molecule has 0 bridgehead atoms. The average Bonchev–Trinajstić information content (AvgIpc) is 3.26. The number of alkyl halides is 3. The summed E-state index contributed by atoms with van der Waals surface area (Å²) in [5.41, 5.74) is 2.06. The number of aromatic amines is 1. The molecule has 3 unspecified atom stereocenters. The maximum absolute atomic E-state index is 12.7. The van der Waals surface area contributed by atoms with E-state index in [9.17, 15) is 22.8 Å². The lowest BCUT2D eigenvalue weighted by Crippen LogP contribution is -2.57. The Kier molecular flexibility index (Phi) is 9.30. The summed E-state index contributed by atoms with van der Waals surface area (Å²) in [6.07, 6.45) is 0.157. The van der Waals surface area contributed by atoms with Gasteiger partial charge in [-0.2, -0.15) is 13.2 Å². The monoisotopic (exact) mass is 511 g/mol. The fraction of sp³-hybridized carbons (Fsp3) is 0.583. The molecule has 1 aromatic carbocycles. The number of fused-ring (bicyclic) bond motifs is 1. The van der Waals surface area contributed by atoms with Gasteiger partial charge in [-0.05, 0) is 44.4 Å². The second-order valence-electron chi connectivity index (χ2n) is 9.12. The van der Waals surface area contributed by atoms with Crippen LogP contribution in [-0.2, 0) is 14.4 Å². The number of imidazole rings is 1. The molecular weight excluding hydrogens is 479 g/mol. The van der Waals surface area contributed by atoms with E-state index in [2.05, 4.69) is 27.4 Å². The molecule has 1 saturated heterocycles. The van der Waals surface area contributed by atoms with Gasteiger partial charge in [0, 0.05) is 25.0 Å². The molecule has 2 aliphatic rings. The number of aliphatic carboxylic acids is 1. The summed E-state index contributed by atoms with van der Waals surface area (Å²) in [6.45, 7) is 4.43. The van der Waals surface area contributed by atoms with E-state index in [0.29, 0.717) is 12.5 Å². The zero-order valence-electron chi connectivity index (χ0n) is 20.1. The number of aromatic nitrogens is 2. The van der Waals surface area contributed by atoms with E-state index >= 15 is 0 Å². The van der Waals surface area contributed by atoms with Gasteiger partial charge in [0.05, 0.1) is 23.5 Å². The number of nitrogens with zero attached hydrogens (tertiary/aromatic N) is 2. The average molecular weight is 512 g/mol. The number of halogens is 3. The van der Waals surface area contributed by atoms with Gasteiger partial charge in [-0.3, -0.25) is 14.5 Å². The van der Waals surface area contributed by atoms with E-state index in [4.69, 9.17) is 14.9 Å². The van der Waals surface area contributed by atoms with Crippen molar-refractivity contribution in [2.45, 2.75) is 69.6 Å². The lowest BCUT2D eigenvalue weighted by atomic mass is 9.85. The van der Waals surface area contributed by atoms with Gasteiger partial charge in [-0.25, -0.2) is 9.78 Å². The van der Waals surface area contributed by atoms with Crippen molar-refractivity contribution >= 4 is 28.8 Å². The van der Waals surface area contributed by atoms with Crippen molar-refractivity contribution in [1.82, 2.24) is 25.5 Å². The fourth-order valence-electron chi connectivity index (χ4n) is 4.74. The van der Waals surface area contributed by atoms with E-state index in [1.165, 1.54) is 0 Å². The molecule has 0 radical (unpaired) electrons. The van der Waals surface area contributed by atoms with Crippen molar-refractivity contribution in [3.63, 3.8) is 0 Å². The standard InChI is InChI=1S/C22H31N5O2.C2HF3O2/c1-2-11-27-12-10-23-22(29)19(27)14-20(28)24-16-7-5-6-15(13-16)21-25-17-8-3-4-9-18(17)26-21;3-2(4,5)1(6)7/h3-4,8-9,15-16,19H,2,5-7,10-14H2,1H3,(H,23,29)(H,24,28)(H,25,26);(H,6,7). The molecule has 2 heterocycles. The Morgan fingerprint density at radius 2 is 1.97 bits per heavy atom. The van der Waals surface area contributed by atoms with Gasteiger partial charge in [-0.15, -0.1) is 0 Å². The number of carboxylic acids is 1. The smallest absolute Gasteiger partial charge is 0.475 e. The molecule has 3 atom stereocenters. The molecule has 1 aliphatic carbocycles. The lowest BCUT2D eigenvalue weighted by Gasteiger charge is -2.35. The maximum Gasteiger partial charge on any atom is 0.490 e. The first-order valence-corrected chi connectivity index (χ1v) is 12.1. The van der Waals surface area contributed by atoms with Gasteiger partial charge in [0.15, 0.2) is 0 Å². The number of hydrogen-bond acceptors (Lipinski definition) is 5. The molecule has 1 aromatic heterocycles. The zero-order valence-corrected chi connectivity index (χ0v) is 20.1. The van der Waals surface area contributed by atoms with Crippen molar-refractivity contribution in [3.8, 4) is 0 Å². The van der Waals surface area contributed by atoms with Gasteiger partial charge in [0.2, 0.25) is 11.8 Å². The number of rotatable bonds is 6. The number of benzene rings is 1. The third-order valence-electron chi connectivity index (χ3n) is 6.41. The van der Waals surface area contributed by atoms with Crippen LogP contribution >= 0.6 is 0 Å². The van der Waals surface area contributed by atoms with E-state index in [1.807, 2.05) is 24.3 Å². The van der Waals surface area contributed by atoms with Crippen molar-refractivity contribution in [1.29, 1.82) is 0 Å². The van der Waals surface area contributed by atoms with Gasteiger partial charge in [-0.1, -0.05) is 25.5 Å². The van der Waals surface area contributed by atoms with Crippen LogP contribution in [0.25, 0.3) is 11.0 Å². The van der Waals surface area contributed by atoms with E-state index in [1.54, 1.807) is 0 Å². The normalized spacial score (nSPS) is 22.9. The van der Waals surface area contributed by atoms with Crippen LogP contribution in [-0.4, -0.2) is 75.7 Å². The maximum atomic E-state index is 12.7. The number of H-pyrrole nitrogens is 1. The van der Waals surface area contributed by atoms with Crippen molar-refractivity contribution in [2.75, 3.05) is 19.6 Å². The fourth-order valence-corrected chi connectivity index (χ4v) is 4.74. The van der Waals surface area contributed by atoms with E-state index in [-0.39, 0.29) is 30.3 Å². The Labute approximate surface area is 206 Å². The van der Waals surface area contributed by atoms with Crippen LogP contribution < -0.4 is 10.6 Å². The molecule has 2 amide bonds. The minimum atomic E-state index is -5.08. The minimum absolute atomic E-state index is 0.0244. The predicted molar refractivity (Wildman–Crippen MR) is 126 cm³/mol. The molecule has 4 rings (SSSR count). The van der Waals surface area contributed by atoms with E-state index < -0.39 is 12.1 Å². The van der Waals surface area contributed by atoms with Crippen LogP contribution in [0.3, 0.4) is 0 Å².